The summed E-state index contributed by atoms with van der Waals surface area (Å²) >= 11 is 0. The van der Waals surface area contributed by atoms with Crippen LogP contribution >= 0.6 is 0 Å². The molecule has 0 spiro atoms. The van der Waals surface area contributed by atoms with E-state index >= 15 is 0 Å². The third-order valence-corrected chi connectivity index (χ3v) is 2.53. The molecule has 2 heteroatoms. The Morgan fingerprint density at radius 2 is 1.87 bits per heavy atom. The molecule has 1 rings (SSSR count). The van der Waals surface area contributed by atoms with E-state index in [0.29, 0.717) is 6.04 Å². The standard InChI is InChI=1S/C13H22N2/c1-12(13-8-5-4-6-9-13)14-10-7-11-15(2)3/h4-6,8-9,12,14H,7,10-11H2,1-3H3/t12-/m0/s1. The van der Waals surface area contributed by atoms with E-state index in [2.05, 4.69) is 61.6 Å². The minimum absolute atomic E-state index is 0.452. The lowest BCUT2D eigenvalue weighted by Gasteiger charge is -2.15. The van der Waals surface area contributed by atoms with E-state index in [9.17, 15) is 0 Å². The summed E-state index contributed by atoms with van der Waals surface area (Å²) in [5, 5.41) is 3.53. The number of hydrogen-bond acceptors (Lipinski definition) is 2. The molecular formula is C13H22N2. The van der Waals surface area contributed by atoms with Crippen molar-refractivity contribution >= 4 is 0 Å². The van der Waals surface area contributed by atoms with E-state index in [1.54, 1.807) is 0 Å². The highest BCUT2D eigenvalue weighted by molar-refractivity contribution is 5.17. The second-order valence-corrected chi connectivity index (χ2v) is 4.24. The molecule has 0 unspecified atom stereocenters. The summed E-state index contributed by atoms with van der Waals surface area (Å²) in [6.07, 6.45) is 1.20. The van der Waals surface area contributed by atoms with E-state index in [0.717, 1.165) is 13.1 Å². The Hall–Kier alpha value is -0.860. The summed E-state index contributed by atoms with van der Waals surface area (Å²) in [7, 11) is 4.22. The maximum atomic E-state index is 3.53. The summed E-state index contributed by atoms with van der Waals surface area (Å²) in [5.41, 5.74) is 1.36. The predicted octanol–water partition coefficient (Wildman–Crippen LogP) is 2.29. The van der Waals surface area contributed by atoms with Gasteiger partial charge in [-0.1, -0.05) is 30.3 Å². The minimum atomic E-state index is 0.452. The van der Waals surface area contributed by atoms with Gasteiger partial charge in [0.15, 0.2) is 0 Å². The van der Waals surface area contributed by atoms with Crippen molar-refractivity contribution in [3.63, 3.8) is 0 Å². The van der Waals surface area contributed by atoms with Gasteiger partial charge in [0.05, 0.1) is 0 Å². The van der Waals surface area contributed by atoms with Crippen LogP contribution < -0.4 is 5.32 Å². The number of hydrogen-bond donors (Lipinski definition) is 1. The Morgan fingerprint density at radius 1 is 1.20 bits per heavy atom. The Kier molecular flexibility index (Phi) is 5.37. The molecule has 0 radical (unpaired) electrons. The average Bonchev–Trinajstić information content (AvgIpc) is 2.25. The molecule has 2 nitrogen and oxygen atoms in total. The van der Waals surface area contributed by atoms with Crippen LogP contribution in [0, 0.1) is 0 Å². The van der Waals surface area contributed by atoms with Gasteiger partial charge in [-0.2, -0.15) is 0 Å². The van der Waals surface area contributed by atoms with E-state index in [4.69, 9.17) is 0 Å². The fraction of sp³-hybridized carbons (Fsp3) is 0.538. The van der Waals surface area contributed by atoms with E-state index < -0.39 is 0 Å². The van der Waals surface area contributed by atoms with Crippen LogP contribution in [0.1, 0.15) is 24.9 Å². The highest BCUT2D eigenvalue weighted by Crippen LogP contribution is 2.10. The zero-order valence-electron chi connectivity index (χ0n) is 10.0. The number of benzene rings is 1. The molecule has 0 aliphatic rings. The van der Waals surface area contributed by atoms with Crippen molar-refractivity contribution in [2.24, 2.45) is 0 Å². The molecule has 0 bridgehead atoms. The first-order valence-electron chi connectivity index (χ1n) is 5.63. The van der Waals surface area contributed by atoms with Crippen molar-refractivity contribution in [2.75, 3.05) is 27.2 Å². The molecule has 0 aromatic heterocycles. The second kappa shape index (κ2) is 6.59. The molecule has 0 aliphatic heterocycles. The molecule has 0 aliphatic carbocycles. The van der Waals surface area contributed by atoms with Crippen LogP contribution in [-0.4, -0.2) is 32.1 Å². The van der Waals surface area contributed by atoms with E-state index in [1.165, 1.54) is 12.0 Å². The fourth-order valence-electron chi connectivity index (χ4n) is 1.57. The van der Waals surface area contributed by atoms with Crippen LogP contribution in [-0.2, 0) is 0 Å². The molecule has 1 aromatic rings. The van der Waals surface area contributed by atoms with Crippen LogP contribution in [0.5, 0.6) is 0 Å². The van der Waals surface area contributed by atoms with Gasteiger partial charge in [-0.15, -0.1) is 0 Å². The molecular weight excluding hydrogens is 184 g/mol. The van der Waals surface area contributed by atoms with Gasteiger partial charge in [0.25, 0.3) is 0 Å². The van der Waals surface area contributed by atoms with E-state index in [1.807, 2.05) is 0 Å². The summed E-state index contributed by atoms with van der Waals surface area (Å²) in [4.78, 5) is 2.22. The summed E-state index contributed by atoms with van der Waals surface area (Å²) in [6, 6.07) is 11.0. The average molecular weight is 206 g/mol. The van der Waals surface area contributed by atoms with Gasteiger partial charge >= 0.3 is 0 Å². The largest absolute Gasteiger partial charge is 0.310 e. The van der Waals surface area contributed by atoms with Gasteiger partial charge in [0.2, 0.25) is 0 Å². The maximum Gasteiger partial charge on any atom is 0.0291 e. The monoisotopic (exact) mass is 206 g/mol. The summed E-state index contributed by atoms with van der Waals surface area (Å²) < 4.78 is 0. The molecule has 1 N–H and O–H groups in total. The van der Waals surface area contributed by atoms with Crippen molar-refractivity contribution in [3.05, 3.63) is 35.9 Å². The SMILES string of the molecule is C[C@H](NCCCN(C)C)c1ccccc1. The molecule has 84 valence electrons. The molecule has 0 saturated heterocycles. The molecule has 15 heavy (non-hydrogen) atoms. The topological polar surface area (TPSA) is 15.3 Å². The third-order valence-electron chi connectivity index (χ3n) is 2.53. The smallest absolute Gasteiger partial charge is 0.0291 e. The lowest BCUT2D eigenvalue weighted by Crippen LogP contribution is -2.23. The molecule has 1 atom stereocenters. The number of nitrogens with zero attached hydrogens (tertiary/aromatic N) is 1. The molecule has 0 heterocycles. The Labute approximate surface area is 93.3 Å². The van der Waals surface area contributed by atoms with Crippen molar-refractivity contribution in [1.82, 2.24) is 10.2 Å². The van der Waals surface area contributed by atoms with E-state index in [-0.39, 0.29) is 0 Å². The second-order valence-electron chi connectivity index (χ2n) is 4.24. The van der Waals surface area contributed by atoms with Gasteiger partial charge in [0.1, 0.15) is 0 Å². The van der Waals surface area contributed by atoms with Gasteiger partial charge < -0.3 is 10.2 Å². The normalized spacial score (nSPS) is 13.1. The minimum Gasteiger partial charge on any atom is -0.310 e. The highest BCUT2D eigenvalue weighted by atomic mass is 15.1. The Balaban J connectivity index is 2.22. The van der Waals surface area contributed by atoms with Gasteiger partial charge in [0, 0.05) is 6.04 Å². The van der Waals surface area contributed by atoms with Crippen molar-refractivity contribution in [3.8, 4) is 0 Å². The maximum absolute atomic E-state index is 3.53. The highest BCUT2D eigenvalue weighted by Gasteiger charge is 2.02. The van der Waals surface area contributed by atoms with Crippen LogP contribution in [0.2, 0.25) is 0 Å². The zero-order valence-corrected chi connectivity index (χ0v) is 10.0. The summed E-state index contributed by atoms with van der Waals surface area (Å²) in [6.45, 7) is 4.44. The lowest BCUT2D eigenvalue weighted by atomic mass is 10.1. The van der Waals surface area contributed by atoms with Crippen LogP contribution in [0.4, 0.5) is 0 Å². The van der Waals surface area contributed by atoms with Crippen molar-refractivity contribution in [2.45, 2.75) is 19.4 Å². The quantitative estimate of drug-likeness (QED) is 0.718. The third kappa shape index (κ3) is 4.96. The van der Waals surface area contributed by atoms with Crippen LogP contribution in [0.15, 0.2) is 30.3 Å². The molecule has 0 amide bonds. The van der Waals surface area contributed by atoms with Gasteiger partial charge in [-0.25, -0.2) is 0 Å². The number of rotatable bonds is 6. The molecule has 0 saturated carbocycles. The number of nitrogens with one attached hydrogen (secondary N) is 1. The van der Waals surface area contributed by atoms with Crippen LogP contribution in [0.3, 0.4) is 0 Å². The van der Waals surface area contributed by atoms with Crippen LogP contribution in [0.25, 0.3) is 0 Å². The van der Waals surface area contributed by atoms with Gasteiger partial charge in [-0.05, 0) is 46.1 Å². The first-order chi connectivity index (χ1) is 7.20. The first-order valence-corrected chi connectivity index (χ1v) is 5.63. The lowest BCUT2D eigenvalue weighted by molar-refractivity contribution is 0.389. The Morgan fingerprint density at radius 3 is 2.47 bits per heavy atom. The molecule has 1 aromatic carbocycles. The summed E-state index contributed by atoms with van der Waals surface area (Å²) in [5.74, 6) is 0. The van der Waals surface area contributed by atoms with Gasteiger partial charge in [-0.3, -0.25) is 0 Å². The van der Waals surface area contributed by atoms with Crippen molar-refractivity contribution < 1.29 is 0 Å². The first kappa shape index (κ1) is 12.2. The molecule has 0 fully saturated rings. The Bertz CT molecular complexity index is 256. The van der Waals surface area contributed by atoms with Crippen molar-refractivity contribution in [1.29, 1.82) is 0 Å². The predicted molar refractivity (Wildman–Crippen MR) is 66.0 cm³/mol. The zero-order chi connectivity index (χ0) is 11.1. The fourth-order valence-corrected chi connectivity index (χ4v) is 1.57.